The third kappa shape index (κ3) is 5.26. The van der Waals surface area contributed by atoms with Gasteiger partial charge in [-0.3, -0.25) is 4.79 Å². The molecule has 168 valence electrons. The number of carbonyl (C=O) groups excluding carboxylic acids is 1. The zero-order valence-electron chi connectivity index (χ0n) is 17.9. The van der Waals surface area contributed by atoms with Crippen LogP contribution in [0.5, 0.6) is 0 Å². The highest BCUT2D eigenvalue weighted by atomic mass is 35.5. The fraction of sp³-hybridized carbons (Fsp3) is 0.458. The van der Waals surface area contributed by atoms with E-state index in [9.17, 15) is 14.3 Å². The van der Waals surface area contributed by atoms with Gasteiger partial charge in [-0.1, -0.05) is 35.4 Å². The predicted molar refractivity (Wildman–Crippen MR) is 119 cm³/mol. The van der Waals surface area contributed by atoms with Gasteiger partial charge in [-0.05, 0) is 49.9 Å². The summed E-state index contributed by atoms with van der Waals surface area (Å²) in [5.41, 5.74) is 0.697. The number of aryl methyl sites for hydroxylation is 1. The molecule has 1 fully saturated rings. The predicted octanol–water partition coefficient (Wildman–Crippen LogP) is 4.32. The molecule has 0 aromatic heterocycles. The molecule has 31 heavy (non-hydrogen) atoms. The van der Waals surface area contributed by atoms with Gasteiger partial charge < -0.3 is 19.5 Å². The molecule has 1 N–H and O–H groups in total. The van der Waals surface area contributed by atoms with E-state index in [2.05, 4.69) is 0 Å². The lowest BCUT2D eigenvalue weighted by Gasteiger charge is -2.42. The van der Waals surface area contributed by atoms with Gasteiger partial charge >= 0.3 is 0 Å². The molecular formula is C24H29ClFNO4. The number of unbranched alkanes of at least 4 members (excludes halogenated alkanes) is 1. The minimum Gasteiger partial charge on any atom is -0.385 e. The molecule has 1 aliphatic heterocycles. The zero-order valence-corrected chi connectivity index (χ0v) is 18.7. The summed E-state index contributed by atoms with van der Waals surface area (Å²) in [6.45, 7) is 3.47. The molecule has 0 radical (unpaired) electrons. The fourth-order valence-corrected chi connectivity index (χ4v) is 4.43. The smallest absolute Gasteiger partial charge is 0.209 e. The van der Waals surface area contributed by atoms with Gasteiger partial charge in [-0.15, -0.1) is 0 Å². The normalized spacial score (nSPS) is 18.6. The highest BCUT2D eigenvalue weighted by Gasteiger charge is 2.43. The number of hydrogen-bond donors (Lipinski definition) is 1. The van der Waals surface area contributed by atoms with Gasteiger partial charge in [0.15, 0.2) is 0 Å². The van der Waals surface area contributed by atoms with Gasteiger partial charge in [-0.2, -0.15) is 0 Å². The molecule has 0 bridgehead atoms. The molecule has 1 saturated heterocycles. The van der Waals surface area contributed by atoms with Crippen molar-refractivity contribution < 1.29 is 23.8 Å². The number of halogens is 2. The van der Waals surface area contributed by atoms with Gasteiger partial charge in [0.1, 0.15) is 17.5 Å². The molecule has 1 amide bonds. The lowest BCUT2D eigenvalue weighted by atomic mass is 9.78. The topological polar surface area (TPSA) is 59.0 Å². The molecule has 2 aromatic rings. The maximum Gasteiger partial charge on any atom is 0.209 e. The third-order valence-corrected chi connectivity index (χ3v) is 6.12. The number of rotatable bonds is 9. The van der Waals surface area contributed by atoms with E-state index in [1.165, 1.54) is 6.07 Å². The molecule has 1 aliphatic rings. The summed E-state index contributed by atoms with van der Waals surface area (Å²) in [4.78, 5) is 13.0. The first-order valence-corrected chi connectivity index (χ1v) is 10.9. The number of morpholine rings is 1. The molecule has 7 heteroatoms. The van der Waals surface area contributed by atoms with E-state index in [1.54, 1.807) is 42.3 Å². The molecule has 2 aromatic carbocycles. The van der Waals surface area contributed by atoms with E-state index in [-0.39, 0.29) is 6.54 Å². The van der Waals surface area contributed by atoms with E-state index < -0.39 is 17.5 Å². The average Bonchev–Trinajstić information content (AvgIpc) is 2.78. The van der Waals surface area contributed by atoms with Crippen molar-refractivity contribution in [1.29, 1.82) is 0 Å². The molecule has 1 heterocycles. The van der Waals surface area contributed by atoms with Gasteiger partial charge in [0.05, 0.1) is 6.61 Å². The van der Waals surface area contributed by atoms with Gasteiger partial charge in [0, 0.05) is 43.0 Å². The highest BCUT2D eigenvalue weighted by molar-refractivity contribution is 6.33. The first kappa shape index (κ1) is 23.7. The van der Waals surface area contributed by atoms with Crippen LogP contribution in [0.2, 0.25) is 5.02 Å². The van der Waals surface area contributed by atoms with E-state index in [4.69, 9.17) is 21.1 Å². The molecular weight excluding hydrogens is 421 g/mol. The summed E-state index contributed by atoms with van der Waals surface area (Å²) < 4.78 is 26.0. The number of hydrogen-bond acceptors (Lipinski definition) is 4. The van der Waals surface area contributed by atoms with Crippen molar-refractivity contribution in [2.75, 3.05) is 33.4 Å². The Kier molecular flexibility index (Phi) is 8.06. The van der Waals surface area contributed by atoms with Gasteiger partial charge in [-0.25, -0.2) is 4.39 Å². The van der Waals surface area contributed by atoms with Crippen molar-refractivity contribution in [2.24, 2.45) is 0 Å². The number of aliphatic hydroxyl groups is 1. The quantitative estimate of drug-likeness (QED) is 0.457. The Morgan fingerprint density at radius 1 is 1.35 bits per heavy atom. The Morgan fingerprint density at radius 2 is 2.16 bits per heavy atom. The van der Waals surface area contributed by atoms with Crippen LogP contribution < -0.4 is 0 Å². The summed E-state index contributed by atoms with van der Waals surface area (Å²) >= 11 is 6.57. The molecule has 0 saturated carbocycles. The molecule has 0 aliphatic carbocycles. The van der Waals surface area contributed by atoms with Crippen LogP contribution in [0.25, 0.3) is 11.1 Å². The Bertz CT molecular complexity index is 909. The minimum absolute atomic E-state index is 0.243. The van der Waals surface area contributed by atoms with Crippen LogP contribution in [0.15, 0.2) is 36.4 Å². The molecule has 0 spiro atoms. The second kappa shape index (κ2) is 10.6. The van der Waals surface area contributed by atoms with E-state index in [1.807, 2.05) is 6.92 Å². The Morgan fingerprint density at radius 3 is 2.90 bits per heavy atom. The lowest BCUT2D eigenvalue weighted by Crippen LogP contribution is -2.52. The van der Waals surface area contributed by atoms with Crippen LogP contribution in [0.3, 0.4) is 0 Å². The summed E-state index contributed by atoms with van der Waals surface area (Å²) in [5.74, 6) is -0.416. The maximum absolute atomic E-state index is 14.9. The Hall–Kier alpha value is -1.99. The first-order chi connectivity index (χ1) is 14.9. The van der Waals surface area contributed by atoms with Crippen molar-refractivity contribution in [2.45, 2.75) is 37.9 Å². The monoisotopic (exact) mass is 449 g/mol. The number of ether oxygens (including phenoxy) is 2. The van der Waals surface area contributed by atoms with E-state index >= 15 is 0 Å². The van der Waals surface area contributed by atoms with Crippen LogP contribution in [0.1, 0.15) is 30.4 Å². The van der Waals surface area contributed by atoms with Crippen LogP contribution in [0.4, 0.5) is 4.39 Å². The van der Waals surface area contributed by atoms with Crippen molar-refractivity contribution in [3.63, 3.8) is 0 Å². The highest BCUT2D eigenvalue weighted by Crippen LogP contribution is 2.43. The maximum atomic E-state index is 14.9. The second-order valence-electron chi connectivity index (χ2n) is 7.98. The van der Waals surface area contributed by atoms with E-state index in [0.717, 1.165) is 18.4 Å². The minimum atomic E-state index is -1.47. The number of benzene rings is 2. The fourth-order valence-electron chi connectivity index (χ4n) is 4.15. The van der Waals surface area contributed by atoms with Crippen LogP contribution in [-0.2, 0) is 19.9 Å². The molecule has 0 unspecified atom stereocenters. The summed E-state index contributed by atoms with van der Waals surface area (Å²) in [6.07, 6.45) is 1.86. The molecule has 5 nitrogen and oxygen atoms in total. The van der Waals surface area contributed by atoms with Crippen molar-refractivity contribution in [1.82, 2.24) is 4.90 Å². The average molecular weight is 450 g/mol. The third-order valence-electron chi connectivity index (χ3n) is 5.81. The number of methoxy groups -OCH3 is 1. The zero-order chi connectivity index (χ0) is 22.4. The lowest BCUT2D eigenvalue weighted by molar-refractivity contribution is -0.158. The molecule has 2 atom stereocenters. The first-order valence-electron chi connectivity index (χ1n) is 10.5. The largest absolute Gasteiger partial charge is 0.385 e. The van der Waals surface area contributed by atoms with Gasteiger partial charge in [0.2, 0.25) is 6.41 Å². The van der Waals surface area contributed by atoms with Crippen LogP contribution in [-0.4, -0.2) is 55.9 Å². The summed E-state index contributed by atoms with van der Waals surface area (Å²) in [5, 5.41) is 12.4. The summed E-state index contributed by atoms with van der Waals surface area (Å²) in [7, 11) is 1.63. The summed E-state index contributed by atoms with van der Waals surface area (Å²) in [6, 6.07) is 10.0. The Labute approximate surface area is 187 Å². The van der Waals surface area contributed by atoms with Gasteiger partial charge in [0.25, 0.3) is 0 Å². The SMILES string of the molecule is COCCCC[C@](O)(c1cccc(Cl)c1-c1cc(C)ccc1F)[C@H]1CN(C=O)CCO1. The Balaban J connectivity index is 2.11. The van der Waals surface area contributed by atoms with Crippen molar-refractivity contribution in [3.05, 3.63) is 58.4 Å². The standard InChI is InChI=1S/C24H29ClFNO4/c1-17-8-9-21(26)18(14-17)23-19(6-5-7-20(23)25)24(29,10-3-4-12-30-2)22-15-27(16-28)11-13-31-22/h5-9,14,16,22,29H,3-4,10-13,15H2,1-2H3/t22-,24+/m1/s1. The second-order valence-corrected chi connectivity index (χ2v) is 8.39. The van der Waals surface area contributed by atoms with Crippen molar-refractivity contribution in [3.8, 4) is 11.1 Å². The molecule has 3 rings (SSSR count). The number of amides is 1. The number of carbonyl (C=O) groups is 1. The van der Waals surface area contributed by atoms with Crippen LogP contribution in [0, 0.1) is 12.7 Å². The van der Waals surface area contributed by atoms with E-state index in [0.29, 0.717) is 54.3 Å². The van der Waals surface area contributed by atoms with Crippen molar-refractivity contribution >= 4 is 18.0 Å². The van der Waals surface area contributed by atoms with Crippen LogP contribution >= 0.6 is 11.6 Å². The number of nitrogens with zero attached hydrogens (tertiary/aromatic N) is 1.